The first kappa shape index (κ1) is 16.2. The van der Waals surface area contributed by atoms with E-state index >= 15 is 0 Å². The molecule has 2 heterocycles. The molecule has 1 aliphatic rings. The Bertz CT molecular complexity index is 748. The summed E-state index contributed by atoms with van der Waals surface area (Å²) in [6, 6.07) is 3.62. The molecule has 1 fully saturated rings. The van der Waals surface area contributed by atoms with Crippen LogP contribution in [0.1, 0.15) is 45.5 Å². The highest BCUT2D eigenvalue weighted by Crippen LogP contribution is 2.39. The van der Waals surface area contributed by atoms with Gasteiger partial charge in [-0.15, -0.1) is 11.3 Å². The fourth-order valence-electron chi connectivity index (χ4n) is 3.08. The van der Waals surface area contributed by atoms with Crippen molar-refractivity contribution in [3.63, 3.8) is 0 Å². The lowest BCUT2D eigenvalue weighted by atomic mass is 9.98. The van der Waals surface area contributed by atoms with E-state index in [9.17, 15) is 10.1 Å². The SMILES string of the molecule is CC1CCCN(c2cc3nc(C(C)(C)C)sc3cc2[N+](=O)[O-])C1. The summed E-state index contributed by atoms with van der Waals surface area (Å²) in [5.74, 6) is 0.569. The van der Waals surface area contributed by atoms with Gasteiger partial charge in [-0.25, -0.2) is 4.98 Å². The van der Waals surface area contributed by atoms with Gasteiger partial charge in [0.2, 0.25) is 0 Å². The van der Waals surface area contributed by atoms with E-state index in [4.69, 9.17) is 4.98 Å². The molecule has 0 bridgehead atoms. The van der Waals surface area contributed by atoms with Crippen LogP contribution in [-0.4, -0.2) is 23.0 Å². The van der Waals surface area contributed by atoms with Crippen LogP contribution in [0.5, 0.6) is 0 Å². The summed E-state index contributed by atoms with van der Waals surface area (Å²) in [5.41, 5.74) is 1.76. The number of nitro groups is 1. The van der Waals surface area contributed by atoms with Crippen LogP contribution >= 0.6 is 11.3 Å². The molecule has 0 N–H and O–H groups in total. The molecule has 1 aromatic carbocycles. The molecule has 124 valence electrons. The van der Waals surface area contributed by atoms with E-state index < -0.39 is 0 Å². The number of nitro benzene ring substituents is 1. The minimum atomic E-state index is -0.259. The number of rotatable bonds is 2. The molecule has 0 saturated carbocycles. The van der Waals surface area contributed by atoms with Crippen LogP contribution in [0.25, 0.3) is 10.2 Å². The van der Waals surface area contributed by atoms with Gasteiger partial charge in [0.15, 0.2) is 0 Å². The fraction of sp³-hybridized carbons (Fsp3) is 0.588. The van der Waals surface area contributed by atoms with E-state index in [-0.39, 0.29) is 16.0 Å². The standard InChI is InChI=1S/C17H23N3O2S/c1-11-6-5-7-19(10-11)13-8-12-15(9-14(13)20(21)22)23-16(18-12)17(2,3)4/h8-9,11H,5-7,10H2,1-4H3. The average Bonchev–Trinajstić information content (AvgIpc) is 2.89. The lowest BCUT2D eigenvalue weighted by Gasteiger charge is -2.32. The molecule has 1 unspecified atom stereocenters. The monoisotopic (exact) mass is 333 g/mol. The van der Waals surface area contributed by atoms with Crippen LogP contribution < -0.4 is 4.90 Å². The Labute approximate surface area is 140 Å². The molecule has 6 heteroatoms. The summed E-state index contributed by atoms with van der Waals surface area (Å²) in [7, 11) is 0. The van der Waals surface area contributed by atoms with Gasteiger partial charge in [0.25, 0.3) is 5.69 Å². The summed E-state index contributed by atoms with van der Waals surface area (Å²) < 4.78 is 0.899. The molecule has 1 aliphatic heterocycles. The van der Waals surface area contributed by atoms with Crippen LogP contribution in [-0.2, 0) is 5.41 Å². The van der Waals surface area contributed by atoms with E-state index in [0.717, 1.165) is 40.4 Å². The lowest BCUT2D eigenvalue weighted by molar-refractivity contribution is -0.384. The number of aromatic nitrogens is 1. The van der Waals surface area contributed by atoms with Crippen LogP contribution in [0, 0.1) is 16.0 Å². The molecule has 0 aliphatic carbocycles. The normalized spacial score (nSPS) is 19.3. The van der Waals surface area contributed by atoms with Gasteiger partial charge in [-0.2, -0.15) is 0 Å². The highest BCUT2D eigenvalue weighted by Gasteiger charge is 2.27. The van der Waals surface area contributed by atoms with Crippen molar-refractivity contribution < 1.29 is 4.92 Å². The van der Waals surface area contributed by atoms with Crippen LogP contribution in [0.4, 0.5) is 11.4 Å². The minimum Gasteiger partial charge on any atom is -0.366 e. The number of thiazole rings is 1. The van der Waals surface area contributed by atoms with Crippen molar-refractivity contribution in [3.8, 4) is 0 Å². The Morgan fingerprint density at radius 2 is 2.13 bits per heavy atom. The van der Waals surface area contributed by atoms with E-state index in [1.54, 1.807) is 17.4 Å². The summed E-state index contributed by atoms with van der Waals surface area (Å²) in [6.45, 7) is 10.3. The van der Waals surface area contributed by atoms with Gasteiger partial charge in [0.05, 0.1) is 20.1 Å². The number of hydrogen-bond donors (Lipinski definition) is 0. The van der Waals surface area contributed by atoms with Gasteiger partial charge in [0.1, 0.15) is 5.69 Å². The second-order valence-electron chi connectivity index (χ2n) is 7.53. The molecule has 1 aromatic heterocycles. The molecule has 1 atom stereocenters. The van der Waals surface area contributed by atoms with Crippen LogP contribution in [0.15, 0.2) is 12.1 Å². The maximum absolute atomic E-state index is 11.6. The highest BCUT2D eigenvalue weighted by molar-refractivity contribution is 7.18. The first-order valence-electron chi connectivity index (χ1n) is 8.10. The van der Waals surface area contributed by atoms with Crippen molar-refractivity contribution in [3.05, 3.63) is 27.3 Å². The number of benzene rings is 1. The molecule has 0 spiro atoms. The Balaban J connectivity index is 2.11. The number of anilines is 1. The molecule has 23 heavy (non-hydrogen) atoms. The minimum absolute atomic E-state index is 0.0434. The Morgan fingerprint density at radius 3 is 2.74 bits per heavy atom. The summed E-state index contributed by atoms with van der Waals surface area (Å²) in [4.78, 5) is 18.2. The predicted octanol–water partition coefficient (Wildman–Crippen LogP) is 4.74. The van der Waals surface area contributed by atoms with E-state index in [1.165, 1.54) is 6.42 Å². The van der Waals surface area contributed by atoms with Gasteiger partial charge < -0.3 is 4.90 Å². The van der Waals surface area contributed by atoms with E-state index in [0.29, 0.717) is 5.92 Å². The van der Waals surface area contributed by atoms with Crippen molar-refractivity contribution in [2.75, 3.05) is 18.0 Å². The zero-order valence-corrected chi connectivity index (χ0v) is 14.9. The molecule has 2 aromatic rings. The van der Waals surface area contributed by atoms with Gasteiger partial charge in [-0.3, -0.25) is 10.1 Å². The van der Waals surface area contributed by atoms with Crippen molar-refractivity contribution >= 4 is 32.9 Å². The summed E-state index contributed by atoms with van der Waals surface area (Å²) >= 11 is 1.56. The van der Waals surface area contributed by atoms with Gasteiger partial charge in [-0.1, -0.05) is 27.7 Å². The number of piperidine rings is 1. The van der Waals surface area contributed by atoms with Gasteiger partial charge >= 0.3 is 0 Å². The number of hydrogen-bond acceptors (Lipinski definition) is 5. The fourth-order valence-corrected chi connectivity index (χ4v) is 4.12. The van der Waals surface area contributed by atoms with Crippen LogP contribution in [0.2, 0.25) is 0 Å². The zero-order chi connectivity index (χ0) is 16.8. The highest BCUT2D eigenvalue weighted by atomic mass is 32.1. The molecule has 0 radical (unpaired) electrons. The largest absolute Gasteiger partial charge is 0.366 e. The lowest BCUT2D eigenvalue weighted by Crippen LogP contribution is -2.34. The third kappa shape index (κ3) is 3.17. The van der Waals surface area contributed by atoms with Crippen molar-refractivity contribution in [1.29, 1.82) is 0 Å². The molecule has 3 rings (SSSR count). The van der Waals surface area contributed by atoms with E-state index in [2.05, 4.69) is 32.6 Å². The summed E-state index contributed by atoms with van der Waals surface area (Å²) in [6.07, 6.45) is 2.28. The molecule has 5 nitrogen and oxygen atoms in total. The van der Waals surface area contributed by atoms with Gasteiger partial charge in [0, 0.05) is 24.6 Å². The Hall–Kier alpha value is -1.69. The molecule has 1 saturated heterocycles. The quantitative estimate of drug-likeness (QED) is 0.588. The average molecular weight is 333 g/mol. The van der Waals surface area contributed by atoms with Crippen LogP contribution in [0.3, 0.4) is 0 Å². The Kier molecular flexibility index (Phi) is 4.04. The zero-order valence-electron chi connectivity index (χ0n) is 14.1. The summed E-state index contributed by atoms with van der Waals surface area (Å²) in [5, 5.41) is 12.6. The maximum atomic E-state index is 11.6. The van der Waals surface area contributed by atoms with Crippen molar-refractivity contribution in [2.45, 2.75) is 46.0 Å². The number of nitrogens with zero attached hydrogens (tertiary/aromatic N) is 3. The second kappa shape index (κ2) is 5.74. The van der Waals surface area contributed by atoms with Crippen molar-refractivity contribution in [2.24, 2.45) is 5.92 Å². The Morgan fingerprint density at radius 1 is 1.39 bits per heavy atom. The molecular weight excluding hydrogens is 310 g/mol. The molecule has 0 amide bonds. The number of fused-ring (bicyclic) bond motifs is 1. The predicted molar refractivity (Wildman–Crippen MR) is 95.6 cm³/mol. The topological polar surface area (TPSA) is 59.3 Å². The smallest absolute Gasteiger partial charge is 0.294 e. The molecular formula is C17H23N3O2S. The van der Waals surface area contributed by atoms with Crippen molar-refractivity contribution in [1.82, 2.24) is 4.98 Å². The van der Waals surface area contributed by atoms with E-state index in [1.807, 2.05) is 6.07 Å². The first-order valence-corrected chi connectivity index (χ1v) is 8.92. The third-order valence-electron chi connectivity index (χ3n) is 4.32. The maximum Gasteiger partial charge on any atom is 0.294 e. The second-order valence-corrected chi connectivity index (χ2v) is 8.56. The van der Waals surface area contributed by atoms with Gasteiger partial charge in [-0.05, 0) is 24.8 Å². The third-order valence-corrected chi connectivity index (χ3v) is 5.76. The first-order chi connectivity index (χ1) is 10.8.